The summed E-state index contributed by atoms with van der Waals surface area (Å²) in [5, 5.41) is 4.47. The lowest BCUT2D eigenvalue weighted by molar-refractivity contribution is 0.417. The number of benzene rings is 1. The topological polar surface area (TPSA) is 50.8 Å². The van der Waals surface area contributed by atoms with E-state index in [-0.39, 0.29) is 0 Å². The molecule has 0 spiro atoms. The Balaban J connectivity index is 1.86. The number of fused-ring (bicyclic) bond motifs is 3. The van der Waals surface area contributed by atoms with Crippen LogP contribution in [0.25, 0.3) is 43.5 Å². The average molecular weight is 371 g/mol. The third kappa shape index (κ3) is 2.59. The van der Waals surface area contributed by atoms with Crippen molar-refractivity contribution in [1.29, 1.82) is 0 Å². The van der Waals surface area contributed by atoms with E-state index in [1.54, 1.807) is 24.6 Å². The molecular weight excluding hydrogens is 354 g/mol. The minimum absolute atomic E-state index is 0.880. The van der Waals surface area contributed by atoms with Gasteiger partial charge in [-0.1, -0.05) is 0 Å². The first kappa shape index (κ1) is 16.0. The van der Waals surface area contributed by atoms with Gasteiger partial charge >= 0.3 is 0 Å². The number of H-pyrrole nitrogens is 1. The molecule has 0 fully saturated rings. The van der Waals surface area contributed by atoms with E-state index in [9.17, 15) is 0 Å². The molecular formula is C22H17N3OS. The summed E-state index contributed by atoms with van der Waals surface area (Å²) in [6.45, 7) is 2.12. The predicted molar refractivity (Wildman–Crippen MR) is 111 cm³/mol. The summed E-state index contributed by atoms with van der Waals surface area (Å²) in [4.78, 5) is 13.5. The van der Waals surface area contributed by atoms with Crippen LogP contribution in [-0.2, 0) is 0 Å². The van der Waals surface area contributed by atoms with Crippen LogP contribution in [0.1, 0.15) is 5.56 Å². The summed E-state index contributed by atoms with van der Waals surface area (Å²) in [6.07, 6.45) is 5.51. The largest absolute Gasteiger partial charge is 0.496 e. The van der Waals surface area contributed by atoms with E-state index < -0.39 is 0 Å². The van der Waals surface area contributed by atoms with E-state index in [0.717, 1.165) is 39.0 Å². The Hall–Kier alpha value is -3.18. The van der Waals surface area contributed by atoms with Crippen molar-refractivity contribution in [2.45, 2.75) is 6.92 Å². The van der Waals surface area contributed by atoms with Gasteiger partial charge in [0.05, 0.1) is 24.5 Å². The van der Waals surface area contributed by atoms with Crippen LogP contribution in [0.3, 0.4) is 0 Å². The second-order valence-corrected chi connectivity index (χ2v) is 7.45. The van der Waals surface area contributed by atoms with Crippen molar-refractivity contribution in [3.8, 4) is 27.4 Å². The van der Waals surface area contributed by atoms with Gasteiger partial charge in [0.2, 0.25) is 0 Å². The fourth-order valence-corrected chi connectivity index (χ4v) is 4.48. The number of rotatable bonds is 3. The average Bonchev–Trinajstić information content (AvgIpc) is 3.30. The molecule has 0 bridgehead atoms. The Labute approximate surface area is 160 Å². The highest BCUT2D eigenvalue weighted by Crippen LogP contribution is 2.43. The normalized spacial score (nSPS) is 11.3. The molecule has 0 saturated heterocycles. The zero-order valence-electron chi connectivity index (χ0n) is 15.0. The molecule has 27 heavy (non-hydrogen) atoms. The number of aryl methyl sites for hydroxylation is 1. The van der Waals surface area contributed by atoms with Gasteiger partial charge in [-0.15, -0.1) is 11.3 Å². The first-order valence-corrected chi connectivity index (χ1v) is 9.57. The van der Waals surface area contributed by atoms with E-state index >= 15 is 0 Å². The summed E-state index contributed by atoms with van der Waals surface area (Å²) in [5.74, 6) is 0.880. The van der Waals surface area contributed by atoms with Gasteiger partial charge in [0, 0.05) is 44.7 Å². The molecule has 132 valence electrons. The van der Waals surface area contributed by atoms with Crippen LogP contribution in [0.5, 0.6) is 5.75 Å². The Morgan fingerprint density at radius 2 is 2.00 bits per heavy atom. The Kier molecular flexibility index (Phi) is 3.69. The predicted octanol–water partition coefficient (Wildman–Crippen LogP) is 5.82. The fraction of sp³-hybridized carbons (Fsp3) is 0.0909. The van der Waals surface area contributed by atoms with Crippen molar-refractivity contribution in [2.75, 3.05) is 7.11 Å². The van der Waals surface area contributed by atoms with E-state index in [4.69, 9.17) is 4.74 Å². The quantitative estimate of drug-likeness (QED) is 0.434. The van der Waals surface area contributed by atoms with E-state index in [1.165, 1.54) is 15.8 Å². The molecule has 4 nitrogen and oxygen atoms in total. The number of methoxy groups -OCH3 is 1. The molecule has 5 aromatic rings. The van der Waals surface area contributed by atoms with Crippen LogP contribution in [0.2, 0.25) is 0 Å². The van der Waals surface area contributed by atoms with Gasteiger partial charge in [-0.05, 0) is 54.3 Å². The van der Waals surface area contributed by atoms with Crippen LogP contribution in [0, 0.1) is 6.92 Å². The second kappa shape index (κ2) is 6.21. The molecule has 5 heteroatoms. The van der Waals surface area contributed by atoms with Crippen molar-refractivity contribution in [1.82, 2.24) is 15.0 Å². The van der Waals surface area contributed by atoms with Crippen LogP contribution >= 0.6 is 11.3 Å². The van der Waals surface area contributed by atoms with Crippen LogP contribution in [0.15, 0.2) is 60.4 Å². The molecule has 0 atom stereocenters. The third-order valence-electron chi connectivity index (χ3n) is 4.76. The van der Waals surface area contributed by atoms with E-state index in [2.05, 4.69) is 45.5 Å². The smallest absolute Gasteiger partial charge is 0.128 e. The maximum atomic E-state index is 5.72. The van der Waals surface area contributed by atoms with Gasteiger partial charge in [-0.25, -0.2) is 0 Å². The lowest BCUT2D eigenvalue weighted by Gasteiger charge is -2.09. The number of thiophene rings is 1. The molecule has 0 aliphatic carbocycles. The lowest BCUT2D eigenvalue weighted by Crippen LogP contribution is -1.88. The minimum atomic E-state index is 0.880. The zero-order valence-corrected chi connectivity index (χ0v) is 15.8. The highest BCUT2D eigenvalue weighted by atomic mass is 32.1. The van der Waals surface area contributed by atoms with Crippen molar-refractivity contribution in [3.63, 3.8) is 0 Å². The number of hydrogen-bond donors (Lipinski definition) is 1. The first-order chi connectivity index (χ1) is 13.2. The number of ether oxygens (including phenoxy) is 1. The van der Waals surface area contributed by atoms with Crippen molar-refractivity contribution in [2.24, 2.45) is 0 Å². The monoisotopic (exact) mass is 371 g/mol. The van der Waals surface area contributed by atoms with Crippen molar-refractivity contribution >= 4 is 33.1 Å². The molecule has 4 heterocycles. The summed E-state index contributed by atoms with van der Waals surface area (Å²) < 4.78 is 5.72. The van der Waals surface area contributed by atoms with Gasteiger partial charge in [0.1, 0.15) is 5.75 Å². The second-order valence-electron chi connectivity index (χ2n) is 6.54. The van der Waals surface area contributed by atoms with Gasteiger partial charge < -0.3 is 9.72 Å². The standard InChI is InChI=1S/C22H17N3OS/c1-13-8-20(27-12-13)22-19(26-2)6-5-16-21(22)15-9-17(24-11-18(15)25-16)14-4-3-7-23-10-14/h3-12,25H,1-2H3. The molecule has 0 radical (unpaired) electrons. The molecule has 0 saturated carbocycles. The molecule has 1 aromatic carbocycles. The van der Waals surface area contributed by atoms with Crippen LogP contribution in [-0.4, -0.2) is 22.1 Å². The summed E-state index contributed by atoms with van der Waals surface area (Å²) in [7, 11) is 1.72. The van der Waals surface area contributed by atoms with Crippen LogP contribution in [0.4, 0.5) is 0 Å². The zero-order chi connectivity index (χ0) is 18.4. The maximum absolute atomic E-state index is 5.72. The maximum Gasteiger partial charge on any atom is 0.128 e. The van der Waals surface area contributed by atoms with Crippen molar-refractivity contribution < 1.29 is 4.74 Å². The number of nitrogens with one attached hydrogen (secondary N) is 1. The lowest BCUT2D eigenvalue weighted by atomic mass is 10.0. The Morgan fingerprint density at radius 1 is 1.07 bits per heavy atom. The molecule has 1 N–H and O–H groups in total. The van der Waals surface area contributed by atoms with Gasteiger partial charge in [0.25, 0.3) is 0 Å². The van der Waals surface area contributed by atoms with E-state index in [1.807, 2.05) is 30.6 Å². The molecule has 0 amide bonds. The minimum Gasteiger partial charge on any atom is -0.496 e. The summed E-state index contributed by atoms with van der Waals surface area (Å²) in [6, 6.07) is 12.4. The summed E-state index contributed by atoms with van der Waals surface area (Å²) >= 11 is 1.74. The fourth-order valence-electron chi connectivity index (χ4n) is 3.52. The molecule has 0 aliphatic rings. The highest BCUT2D eigenvalue weighted by Gasteiger charge is 2.17. The number of pyridine rings is 2. The molecule has 5 rings (SSSR count). The number of hydrogen-bond acceptors (Lipinski definition) is 4. The van der Waals surface area contributed by atoms with Crippen molar-refractivity contribution in [3.05, 3.63) is 65.9 Å². The molecule has 0 aliphatic heterocycles. The van der Waals surface area contributed by atoms with Gasteiger partial charge in [-0.2, -0.15) is 0 Å². The Bertz CT molecular complexity index is 1270. The SMILES string of the molecule is COc1ccc2[nH]c3cnc(-c4cccnc4)cc3c2c1-c1cc(C)cs1. The summed E-state index contributed by atoms with van der Waals surface area (Å²) in [5.41, 5.74) is 6.39. The van der Waals surface area contributed by atoms with E-state index in [0.29, 0.717) is 0 Å². The third-order valence-corrected chi connectivity index (χ3v) is 5.83. The number of aromatic amines is 1. The first-order valence-electron chi connectivity index (χ1n) is 8.69. The highest BCUT2D eigenvalue weighted by molar-refractivity contribution is 7.13. The Morgan fingerprint density at radius 3 is 2.74 bits per heavy atom. The van der Waals surface area contributed by atoms with Crippen LogP contribution < -0.4 is 4.74 Å². The number of aromatic nitrogens is 3. The van der Waals surface area contributed by atoms with Gasteiger partial charge in [0.15, 0.2) is 0 Å². The van der Waals surface area contributed by atoms with Gasteiger partial charge in [-0.3, -0.25) is 9.97 Å². The number of nitrogens with zero attached hydrogens (tertiary/aromatic N) is 2. The molecule has 4 aromatic heterocycles. The molecule has 0 unspecified atom stereocenters.